The Morgan fingerprint density at radius 3 is 2.67 bits per heavy atom. The SMILES string of the molecule is Cc1cc(=O)n(C2CCCC2)c2nc(NCCCc3ccc(C(N)=O)cc3)ncc12. The highest BCUT2D eigenvalue weighted by Gasteiger charge is 2.21. The van der Waals surface area contributed by atoms with E-state index in [1.165, 1.54) is 0 Å². The molecule has 3 aromatic rings. The first-order valence-electron chi connectivity index (χ1n) is 10.5. The third-order valence-electron chi connectivity index (χ3n) is 5.85. The van der Waals surface area contributed by atoms with E-state index in [2.05, 4.69) is 10.3 Å². The molecule has 0 atom stereocenters. The second kappa shape index (κ2) is 8.65. The van der Waals surface area contributed by atoms with Gasteiger partial charge in [-0.1, -0.05) is 25.0 Å². The maximum absolute atomic E-state index is 12.7. The summed E-state index contributed by atoms with van der Waals surface area (Å²) in [5.74, 6) is 0.131. The fourth-order valence-corrected chi connectivity index (χ4v) is 4.20. The van der Waals surface area contributed by atoms with Crippen LogP contribution in [0.5, 0.6) is 0 Å². The van der Waals surface area contributed by atoms with Gasteiger partial charge in [-0.25, -0.2) is 4.98 Å². The number of amides is 1. The lowest BCUT2D eigenvalue weighted by Gasteiger charge is -2.17. The predicted octanol–water partition coefficient (Wildman–Crippen LogP) is 3.36. The monoisotopic (exact) mass is 405 g/mol. The zero-order valence-corrected chi connectivity index (χ0v) is 17.2. The Balaban J connectivity index is 1.46. The molecule has 7 heteroatoms. The summed E-state index contributed by atoms with van der Waals surface area (Å²) in [7, 11) is 0. The van der Waals surface area contributed by atoms with Crippen LogP contribution in [0.25, 0.3) is 11.0 Å². The Hall–Kier alpha value is -3.22. The molecule has 4 rings (SSSR count). The Morgan fingerprint density at radius 2 is 1.97 bits per heavy atom. The lowest BCUT2D eigenvalue weighted by Crippen LogP contribution is -2.25. The highest BCUT2D eigenvalue weighted by Crippen LogP contribution is 2.30. The van der Waals surface area contributed by atoms with Gasteiger partial charge in [0.1, 0.15) is 5.65 Å². The summed E-state index contributed by atoms with van der Waals surface area (Å²) in [5, 5.41) is 4.21. The van der Waals surface area contributed by atoms with Gasteiger partial charge in [-0.05, 0) is 55.9 Å². The van der Waals surface area contributed by atoms with Crippen molar-refractivity contribution >= 4 is 22.9 Å². The van der Waals surface area contributed by atoms with E-state index < -0.39 is 5.91 Å². The fourth-order valence-electron chi connectivity index (χ4n) is 4.20. The van der Waals surface area contributed by atoms with Crippen LogP contribution in [0.2, 0.25) is 0 Å². The molecule has 3 N–H and O–H groups in total. The van der Waals surface area contributed by atoms with Crippen molar-refractivity contribution < 1.29 is 4.79 Å². The summed E-state index contributed by atoms with van der Waals surface area (Å²) in [6, 6.07) is 9.28. The molecule has 2 heterocycles. The van der Waals surface area contributed by atoms with Gasteiger partial charge in [0.05, 0.1) is 0 Å². The zero-order chi connectivity index (χ0) is 21.1. The van der Waals surface area contributed by atoms with Crippen molar-refractivity contribution in [3.63, 3.8) is 0 Å². The summed E-state index contributed by atoms with van der Waals surface area (Å²) < 4.78 is 1.86. The molecule has 156 valence electrons. The van der Waals surface area contributed by atoms with Crippen LogP contribution in [0.1, 0.15) is 59.6 Å². The molecule has 2 aromatic heterocycles. The normalized spacial score (nSPS) is 14.3. The van der Waals surface area contributed by atoms with E-state index >= 15 is 0 Å². The summed E-state index contributed by atoms with van der Waals surface area (Å²) in [5.41, 5.74) is 8.60. The number of aryl methyl sites for hydroxylation is 2. The number of nitrogens with one attached hydrogen (secondary N) is 1. The number of nitrogens with zero attached hydrogens (tertiary/aromatic N) is 3. The van der Waals surface area contributed by atoms with Crippen LogP contribution in [0.3, 0.4) is 0 Å². The number of primary amides is 1. The van der Waals surface area contributed by atoms with Gasteiger partial charge in [-0.15, -0.1) is 0 Å². The number of fused-ring (bicyclic) bond motifs is 1. The van der Waals surface area contributed by atoms with Crippen LogP contribution >= 0.6 is 0 Å². The molecule has 0 bridgehead atoms. The first-order chi connectivity index (χ1) is 14.5. The van der Waals surface area contributed by atoms with Gasteiger partial charge >= 0.3 is 0 Å². The van der Waals surface area contributed by atoms with E-state index in [-0.39, 0.29) is 11.6 Å². The van der Waals surface area contributed by atoms with Crippen LogP contribution in [0.4, 0.5) is 5.95 Å². The molecule has 0 spiro atoms. The molecular weight excluding hydrogens is 378 g/mol. The van der Waals surface area contributed by atoms with E-state index in [9.17, 15) is 9.59 Å². The number of carbonyl (C=O) groups excluding carboxylic acids is 1. The number of hydrogen-bond acceptors (Lipinski definition) is 5. The topological polar surface area (TPSA) is 103 Å². The van der Waals surface area contributed by atoms with Crippen molar-refractivity contribution in [2.24, 2.45) is 5.73 Å². The number of rotatable bonds is 7. The molecule has 7 nitrogen and oxygen atoms in total. The minimum atomic E-state index is -0.414. The smallest absolute Gasteiger partial charge is 0.252 e. The van der Waals surface area contributed by atoms with E-state index in [1.54, 1.807) is 18.2 Å². The summed E-state index contributed by atoms with van der Waals surface area (Å²) in [6.45, 7) is 2.64. The molecule has 1 amide bonds. The standard InChI is InChI=1S/C23H27N5O2/c1-15-13-20(29)28(18-6-2-3-7-18)22-19(15)14-26-23(27-22)25-12-4-5-16-8-10-17(11-9-16)21(24)30/h8-11,13-14,18H,2-7,12H2,1H3,(H2,24,30)(H,25,26,27). The molecule has 0 aliphatic heterocycles. The van der Waals surface area contributed by atoms with Gasteiger partial charge < -0.3 is 11.1 Å². The molecule has 1 aliphatic rings. The molecule has 1 aromatic carbocycles. The lowest BCUT2D eigenvalue weighted by atomic mass is 10.1. The average Bonchev–Trinajstić information content (AvgIpc) is 3.25. The van der Waals surface area contributed by atoms with Gasteiger partial charge in [-0.3, -0.25) is 14.2 Å². The van der Waals surface area contributed by atoms with E-state index in [0.29, 0.717) is 18.1 Å². The quantitative estimate of drug-likeness (QED) is 0.587. The first kappa shape index (κ1) is 20.1. The van der Waals surface area contributed by atoms with Crippen LogP contribution in [-0.2, 0) is 6.42 Å². The third kappa shape index (κ3) is 4.20. The Morgan fingerprint density at radius 1 is 1.23 bits per heavy atom. The highest BCUT2D eigenvalue weighted by atomic mass is 16.1. The summed E-state index contributed by atoms with van der Waals surface area (Å²) in [4.78, 5) is 33.0. The van der Waals surface area contributed by atoms with Crippen molar-refractivity contribution in [3.8, 4) is 0 Å². The number of aromatic nitrogens is 3. The number of benzene rings is 1. The maximum Gasteiger partial charge on any atom is 0.252 e. The lowest BCUT2D eigenvalue weighted by molar-refractivity contribution is 0.100. The van der Waals surface area contributed by atoms with E-state index in [1.807, 2.05) is 29.8 Å². The Bertz CT molecular complexity index is 1110. The number of carbonyl (C=O) groups is 1. The molecule has 0 unspecified atom stereocenters. The number of pyridine rings is 1. The minimum absolute atomic E-state index is 0.0240. The van der Waals surface area contributed by atoms with Crippen LogP contribution < -0.4 is 16.6 Å². The van der Waals surface area contributed by atoms with Gasteiger partial charge in [0.15, 0.2) is 0 Å². The Labute approximate surface area is 175 Å². The second-order valence-electron chi connectivity index (χ2n) is 8.00. The van der Waals surface area contributed by atoms with Gasteiger partial charge in [0.2, 0.25) is 11.9 Å². The van der Waals surface area contributed by atoms with Crippen molar-refractivity contribution in [2.45, 2.75) is 51.5 Å². The summed E-state index contributed by atoms with van der Waals surface area (Å²) in [6.07, 6.45) is 7.93. The number of hydrogen-bond donors (Lipinski definition) is 2. The van der Waals surface area contributed by atoms with Crippen LogP contribution in [0.15, 0.2) is 41.3 Å². The second-order valence-corrected chi connectivity index (χ2v) is 8.00. The minimum Gasteiger partial charge on any atom is -0.366 e. The van der Waals surface area contributed by atoms with Gasteiger partial charge in [-0.2, -0.15) is 4.98 Å². The molecule has 1 fully saturated rings. The highest BCUT2D eigenvalue weighted by molar-refractivity contribution is 5.92. The number of anilines is 1. The van der Waals surface area contributed by atoms with Gasteiger partial charge in [0, 0.05) is 35.8 Å². The fraction of sp³-hybridized carbons (Fsp3) is 0.391. The molecule has 0 radical (unpaired) electrons. The predicted molar refractivity (Wildman–Crippen MR) is 118 cm³/mol. The van der Waals surface area contributed by atoms with Crippen LogP contribution in [0, 0.1) is 6.92 Å². The summed E-state index contributed by atoms with van der Waals surface area (Å²) >= 11 is 0. The first-order valence-corrected chi connectivity index (χ1v) is 10.5. The van der Waals surface area contributed by atoms with E-state index in [4.69, 9.17) is 10.7 Å². The van der Waals surface area contributed by atoms with Crippen molar-refractivity contribution in [2.75, 3.05) is 11.9 Å². The van der Waals surface area contributed by atoms with Crippen molar-refractivity contribution in [1.29, 1.82) is 0 Å². The Kier molecular flexibility index (Phi) is 5.79. The average molecular weight is 406 g/mol. The van der Waals surface area contributed by atoms with E-state index in [0.717, 1.165) is 60.7 Å². The molecular formula is C23H27N5O2. The third-order valence-corrected chi connectivity index (χ3v) is 5.85. The molecule has 1 saturated carbocycles. The van der Waals surface area contributed by atoms with Crippen LogP contribution in [-0.4, -0.2) is 27.0 Å². The van der Waals surface area contributed by atoms with Gasteiger partial charge in [0.25, 0.3) is 5.56 Å². The van der Waals surface area contributed by atoms with Crippen molar-refractivity contribution in [1.82, 2.24) is 14.5 Å². The zero-order valence-electron chi connectivity index (χ0n) is 17.2. The maximum atomic E-state index is 12.7. The number of nitrogens with two attached hydrogens (primary N) is 1. The molecule has 30 heavy (non-hydrogen) atoms. The molecule has 0 saturated heterocycles. The van der Waals surface area contributed by atoms with Crippen molar-refractivity contribution in [3.05, 3.63) is 63.6 Å². The largest absolute Gasteiger partial charge is 0.366 e. The molecule has 1 aliphatic carbocycles.